The van der Waals surface area contributed by atoms with Gasteiger partial charge in [0.25, 0.3) is 0 Å². The Bertz CT molecular complexity index is 516. The van der Waals surface area contributed by atoms with Crippen LogP contribution in [0.5, 0.6) is 0 Å². The highest BCUT2D eigenvalue weighted by Gasteiger charge is 2.21. The Morgan fingerprint density at radius 2 is 2.00 bits per heavy atom. The number of hydrogen-bond acceptors (Lipinski definition) is 3. The molecule has 0 saturated heterocycles. The van der Waals surface area contributed by atoms with Crippen LogP contribution < -0.4 is 10.6 Å². The minimum atomic E-state index is -0.364. The average molecular weight is 263 g/mol. The quantitative estimate of drug-likeness (QED) is 0.859. The number of nitrogens with zero attached hydrogens (tertiary/aromatic N) is 3. The van der Waals surface area contributed by atoms with Gasteiger partial charge in [-0.3, -0.25) is 10.00 Å². The Morgan fingerprint density at radius 3 is 2.42 bits per heavy atom. The Labute approximate surface area is 113 Å². The number of amides is 2. The second-order valence-electron chi connectivity index (χ2n) is 5.83. The van der Waals surface area contributed by atoms with Crippen molar-refractivity contribution in [3.63, 3.8) is 0 Å². The first-order valence-electron chi connectivity index (χ1n) is 6.22. The zero-order valence-electron chi connectivity index (χ0n) is 12.3. The van der Waals surface area contributed by atoms with E-state index < -0.39 is 0 Å². The normalized spacial score (nSPS) is 11.3. The molecule has 0 aliphatic carbocycles. The van der Waals surface area contributed by atoms with Crippen molar-refractivity contribution in [2.75, 3.05) is 5.32 Å². The Kier molecular flexibility index (Phi) is 4.20. The fraction of sp³-hybridized carbons (Fsp3) is 0.615. The van der Waals surface area contributed by atoms with Crippen molar-refractivity contribution < 1.29 is 4.79 Å². The predicted octanol–water partition coefficient (Wildman–Crippen LogP) is 2.34. The van der Waals surface area contributed by atoms with Crippen LogP contribution in [0.2, 0.25) is 0 Å². The van der Waals surface area contributed by atoms with E-state index in [0.717, 1.165) is 5.69 Å². The van der Waals surface area contributed by atoms with Crippen molar-refractivity contribution in [2.45, 2.75) is 46.1 Å². The van der Waals surface area contributed by atoms with E-state index in [-0.39, 0.29) is 17.5 Å². The molecule has 0 aliphatic heterocycles. The standard InChI is InChI=1S/C13H21N5O/c1-8(2)10-9(7-14)11(17-18(10)6)15-12(19)16-13(3,4)5/h8H,1-6H3,(H2,15,16,17,19). The van der Waals surface area contributed by atoms with Crippen molar-refractivity contribution in [3.8, 4) is 6.07 Å². The molecule has 1 rings (SSSR count). The topological polar surface area (TPSA) is 82.7 Å². The lowest BCUT2D eigenvalue weighted by atomic mass is 10.1. The van der Waals surface area contributed by atoms with Crippen molar-refractivity contribution in [1.82, 2.24) is 15.1 Å². The monoisotopic (exact) mass is 263 g/mol. The molecule has 0 fully saturated rings. The first-order chi connectivity index (χ1) is 8.65. The molecule has 0 atom stereocenters. The number of aryl methyl sites for hydroxylation is 1. The summed E-state index contributed by atoms with van der Waals surface area (Å²) >= 11 is 0. The number of carbonyl (C=O) groups excluding carboxylic acids is 1. The maximum atomic E-state index is 11.8. The molecule has 0 saturated carbocycles. The second-order valence-corrected chi connectivity index (χ2v) is 5.83. The van der Waals surface area contributed by atoms with Gasteiger partial charge in [0.15, 0.2) is 5.82 Å². The van der Waals surface area contributed by atoms with Crippen LogP contribution in [0.15, 0.2) is 0 Å². The molecule has 0 bridgehead atoms. The fourth-order valence-corrected chi connectivity index (χ4v) is 1.88. The van der Waals surface area contributed by atoms with Crippen LogP contribution in [0.4, 0.5) is 10.6 Å². The van der Waals surface area contributed by atoms with E-state index in [2.05, 4.69) is 21.8 Å². The van der Waals surface area contributed by atoms with Gasteiger partial charge in [0, 0.05) is 12.6 Å². The molecule has 1 aromatic heterocycles. The molecule has 104 valence electrons. The van der Waals surface area contributed by atoms with Gasteiger partial charge in [0.1, 0.15) is 11.6 Å². The lowest BCUT2D eigenvalue weighted by molar-refractivity contribution is 0.243. The second kappa shape index (κ2) is 5.31. The van der Waals surface area contributed by atoms with Crippen molar-refractivity contribution in [1.29, 1.82) is 5.26 Å². The molecule has 0 aromatic carbocycles. The minimum absolute atomic E-state index is 0.161. The van der Waals surface area contributed by atoms with Gasteiger partial charge in [-0.05, 0) is 26.7 Å². The number of urea groups is 1. The van der Waals surface area contributed by atoms with Gasteiger partial charge in [0.05, 0.1) is 5.69 Å². The number of aromatic nitrogens is 2. The summed E-state index contributed by atoms with van der Waals surface area (Å²) in [5.41, 5.74) is 0.891. The summed E-state index contributed by atoms with van der Waals surface area (Å²) in [5.74, 6) is 0.462. The maximum absolute atomic E-state index is 11.8. The van der Waals surface area contributed by atoms with Gasteiger partial charge in [-0.15, -0.1) is 0 Å². The third-order valence-electron chi connectivity index (χ3n) is 2.47. The Hall–Kier alpha value is -2.03. The summed E-state index contributed by atoms with van der Waals surface area (Å²) in [4.78, 5) is 11.8. The largest absolute Gasteiger partial charge is 0.333 e. The highest BCUT2D eigenvalue weighted by atomic mass is 16.2. The van der Waals surface area contributed by atoms with Gasteiger partial charge in [0.2, 0.25) is 0 Å². The van der Waals surface area contributed by atoms with Crippen molar-refractivity contribution in [3.05, 3.63) is 11.3 Å². The molecule has 2 N–H and O–H groups in total. The highest BCUT2D eigenvalue weighted by Crippen LogP contribution is 2.24. The zero-order chi connectivity index (χ0) is 14.8. The number of hydrogen-bond donors (Lipinski definition) is 2. The number of carbonyl (C=O) groups is 1. The molecule has 1 heterocycles. The summed E-state index contributed by atoms with van der Waals surface area (Å²) in [6.45, 7) is 9.62. The van der Waals surface area contributed by atoms with Gasteiger partial charge in [-0.25, -0.2) is 4.79 Å². The van der Waals surface area contributed by atoms with E-state index in [0.29, 0.717) is 11.4 Å². The number of anilines is 1. The third kappa shape index (κ3) is 3.71. The molecule has 0 spiro atoms. The summed E-state index contributed by atoms with van der Waals surface area (Å²) in [6.07, 6.45) is 0. The average Bonchev–Trinajstić information content (AvgIpc) is 2.50. The van der Waals surface area contributed by atoms with E-state index >= 15 is 0 Å². The number of nitriles is 1. The molecular weight excluding hydrogens is 242 g/mol. The molecule has 0 aliphatic rings. The summed E-state index contributed by atoms with van der Waals surface area (Å²) in [6, 6.07) is 1.75. The van der Waals surface area contributed by atoms with Crippen LogP contribution in [0.1, 0.15) is 51.8 Å². The number of nitrogens with one attached hydrogen (secondary N) is 2. The lowest BCUT2D eigenvalue weighted by Crippen LogP contribution is -2.43. The molecule has 6 heteroatoms. The van der Waals surface area contributed by atoms with E-state index in [4.69, 9.17) is 0 Å². The molecule has 1 aromatic rings. The summed E-state index contributed by atoms with van der Waals surface area (Å²) in [7, 11) is 1.77. The SMILES string of the molecule is CC(C)c1c(C#N)c(NC(=O)NC(C)(C)C)nn1C. The predicted molar refractivity (Wildman–Crippen MR) is 73.9 cm³/mol. The van der Waals surface area contributed by atoms with Gasteiger partial charge in [-0.2, -0.15) is 10.4 Å². The molecule has 0 radical (unpaired) electrons. The number of rotatable bonds is 2. The van der Waals surface area contributed by atoms with Crippen LogP contribution in [-0.4, -0.2) is 21.4 Å². The fourth-order valence-electron chi connectivity index (χ4n) is 1.88. The van der Waals surface area contributed by atoms with Crippen LogP contribution in [0, 0.1) is 11.3 Å². The van der Waals surface area contributed by atoms with Gasteiger partial charge >= 0.3 is 6.03 Å². The summed E-state index contributed by atoms with van der Waals surface area (Å²) < 4.78 is 1.63. The highest BCUT2D eigenvalue weighted by molar-refractivity contribution is 5.90. The Morgan fingerprint density at radius 1 is 1.42 bits per heavy atom. The smallest absolute Gasteiger partial charge is 0.320 e. The maximum Gasteiger partial charge on any atom is 0.320 e. The van der Waals surface area contributed by atoms with Crippen molar-refractivity contribution in [2.24, 2.45) is 7.05 Å². The van der Waals surface area contributed by atoms with Gasteiger partial charge in [-0.1, -0.05) is 13.8 Å². The zero-order valence-corrected chi connectivity index (χ0v) is 12.3. The van der Waals surface area contributed by atoms with E-state index in [1.165, 1.54) is 0 Å². The third-order valence-corrected chi connectivity index (χ3v) is 2.47. The van der Waals surface area contributed by atoms with E-state index in [1.54, 1.807) is 11.7 Å². The molecule has 2 amide bonds. The van der Waals surface area contributed by atoms with Crippen LogP contribution in [-0.2, 0) is 7.05 Å². The van der Waals surface area contributed by atoms with Crippen LogP contribution in [0.25, 0.3) is 0 Å². The van der Waals surface area contributed by atoms with E-state index in [9.17, 15) is 10.1 Å². The van der Waals surface area contributed by atoms with Crippen molar-refractivity contribution >= 4 is 11.8 Å². The van der Waals surface area contributed by atoms with Gasteiger partial charge < -0.3 is 5.32 Å². The first kappa shape index (κ1) is 15.0. The summed E-state index contributed by atoms with van der Waals surface area (Å²) in [5, 5.41) is 18.8. The Balaban J connectivity index is 3.01. The molecule has 0 unspecified atom stereocenters. The minimum Gasteiger partial charge on any atom is -0.333 e. The van der Waals surface area contributed by atoms with E-state index in [1.807, 2.05) is 34.6 Å². The lowest BCUT2D eigenvalue weighted by Gasteiger charge is -2.20. The first-order valence-corrected chi connectivity index (χ1v) is 6.22. The molecule has 19 heavy (non-hydrogen) atoms. The molecule has 6 nitrogen and oxygen atoms in total. The van der Waals surface area contributed by atoms with Crippen LogP contribution in [0.3, 0.4) is 0 Å². The van der Waals surface area contributed by atoms with Crippen LogP contribution >= 0.6 is 0 Å². The molecular formula is C13H21N5O.